The minimum absolute atomic E-state index is 0.394. The molecule has 4 nitrogen and oxygen atoms in total. The molecule has 0 radical (unpaired) electrons. The number of carbonyl (C=O) groups excluding carboxylic acids is 1. The maximum atomic E-state index is 12.3. The SMILES string of the molecule is C=CCCCCCOc1ccc(OC(=O)c2ccc(OC[C@@H](C)CC)cc2)cc1. The van der Waals surface area contributed by atoms with Crippen LogP contribution < -0.4 is 14.2 Å². The van der Waals surface area contributed by atoms with Gasteiger partial charge in [0.1, 0.15) is 17.2 Å². The predicted molar refractivity (Wildman–Crippen MR) is 117 cm³/mol. The molecule has 0 amide bonds. The summed E-state index contributed by atoms with van der Waals surface area (Å²) in [5.74, 6) is 2.13. The topological polar surface area (TPSA) is 44.8 Å². The molecule has 2 rings (SSSR count). The van der Waals surface area contributed by atoms with Crippen LogP contribution >= 0.6 is 0 Å². The fourth-order valence-electron chi connectivity index (χ4n) is 2.57. The van der Waals surface area contributed by atoms with Crippen LogP contribution in [0.3, 0.4) is 0 Å². The first-order chi connectivity index (χ1) is 14.1. The van der Waals surface area contributed by atoms with Gasteiger partial charge in [0.2, 0.25) is 0 Å². The number of allylic oxidation sites excluding steroid dienone is 1. The summed E-state index contributed by atoms with van der Waals surface area (Å²) < 4.78 is 16.9. The molecule has 4 heteroatoms. The number of rotatable bonds is 13. The maximum absolute atomic E-state index is 12.3. The maximum Gasteiger partial charge on any atom is 0.343 e. The van der Waals surface area contributed by atoms with Crippen LogP contribution in [0.5, 0.6) is 17.2 Å². The second-order valence-corrected chi connectivity index (χ2v) is 7.20. The Bertz CT molecular complexity index is 734. The van der Waals surface area contributed by atoms with Crippen LogP contribution in [0, 0.1) is 5.92 Å². The Kier molecular flexibility index (Phi) is 9.84. The Morgan fingerprint density at radius 1 is 0.931 bits per heavy atom. The van der Waals surface area contributed by atoms with Crippen LogP contribution in [0.25, 0.3) is 0 Å². The van der Waals surface area contributed by atoms with E-state index in [4.69, 9.17) is 14.2 Å². The van der Waals surface area contributed by atoms with Crippen LogP contribution in [0.2, 0.25) is 0 Å². The van der Waals surface area contributed by atoms with Gasteiger partial charge in [-0.2, -0.15) is 0 Å². The lowest BCUT2D eigenvalue weighted by Gasteiger charge is -2.11. The molecule has 0 heterocycles. The van der Waals surface area contributed by atoms with E-state index in [1.165, 1.54) is 0 Å². The lowest BCUT2D eigenvalue weighted by atomic mass is 10.1. The second kappa shape index (κ2) is 12.7. The summed E-state index contributed by atoms with van der Waals surface area (Å²) in [4.78, 5) is 12.3. The Morgan fingerprint density at radius 2 is 1.55 bits per heavy atom. The largest absolute Gasteiger partial charge is 0.494 e. The van der Waals surface area contributed by atoms with Crippen LogP contribution in [0.4, 0.5) is 0 Å². The van der Waals surface area contributed by atoms with Crippen molar-refractivity contribution < 1.29 is 19.0 Å². The van der Waals surface area contributed by atoms with Crippen molar-refractivity contribution in [2.45, 2.75) is 46.0 Å². The Labute approximate surface area is 174 Å². The summed E-state index contributed by atoms with van der Waals surface area (Å²) in [5, 5.41) is 0. The van der Waals surface area contributed by atoms with Gasteiger partial charge in [0.25, 0.3) is 0 Å². The van der Waals surface area contributed by atoms with E-state index >= 15 is 0 Å². The van der Waals surface area contributed by atoms with E-state index in [-0.39, 0.29) is 0 Å². The normalized spacial score (nSPS) is 11.5. The average molecular weight is 397 g/mol. The standard InChI is InChI=1S/C25H32O4/c1-4-6-7-8-9-18-27-22-14-16-24(17-15-22)29-25(26)21-10-12-23(13-11-21)28-19-20(3)5-2/h4,10-17,20H,1,5-9,18-19H2,2-3H3/t20-/m0/s1. The van der Waals surface area contributed by atoms with E-state index in [1.807, 2.05) is 18.2 Å². The van der Waals surface area contributed by atoms with Crippen molar-refractivity contribution in [3.63, 3.8) is 0 Å². The number of benzene rings is 2. The van der Waals surface area contributed by atoms with Crippen molar-refractivity contribution >= 4 is 5.97 Å². The average Bonchev–Trinajstić information content (AvgIpc) is 2.76. The number of ether oxygens (including phenoxy) is 3. The molecule has 0 saturated heterocycles. The van der Waals surface area contributed by atoms with Gasteiger partial charge in [-0.05, 0) is 80.1 Å². The predicted octanol–water partition coefficient (Wildman–Crippen LogP) is 6.46. The van der Waals surface area contributed by atoms with E-state index in [9.17, 15) is 4.79 Å². The van der Waals surface area contributed by atoms with Crippen molar-refractivity contribution in [2.75, 3.05) is 13.2 Å². The third-order valence-electron chi connectivity index (χ3n) is 4.68. The van der Waals surface area contributed by atoms with Crippen LogP contribution in [0.1, 0.15) is 56.3 Å². The molecule has 2 aromatic carbocycles. The highest BCUT2D eigenvalue weighted by molar-refractivity contribution is 5.91. The second-order valence-electron chi connectivity index (χ2n) is 7.20. The summed E-state index contributed by atoms with van der Waals surface area (Å²) in [6.45, 7) is 9.36. The number of carbonyl (C=O) groups is 1. The van der Waals surface area contributed by atoms with Crippen molar-refractivity contribution in [1.82, 2.24) is 0 Å². The molecule has 0 saturated carbocycles. The molecule has 0 bridgehead atoms. The molecular weight excluding hydrogens is 364 g/mol. The molecule has 0 fully saturated rings. The van der Waals surface area contributed by atoms with Gasteiger partial charge >= 0.3 is 5.97 Å². The molecule has 0 aliphatic heterocycles. The fourth-order valence-corrected chi connectivity index (χ4v) is 2.57. The van der Waals surface area contributed by atoms with Gasteiger partial charge in [-0.25, -0.2) is 4.79 Å². The zero-order valence-corrected chi connectivity index (χ0v) is 17.6. The van der Waals surface area contributed by atoms with Gasteiger partial charge in [0.15, 0.2) is 0 Å². The number of hydrogen-bond donors (Lipinski definition) is 0. The number of hydrogen-bond acceptors (Lipinski definition) is 4. The van der Waals surface area contributed by atoms with Crippen molar-refractivity contribution in [3.05, 3.63) is 66.7 Å². The lowest BCUT2D eigenvalue weighted by Crippen LogP contribution is -2.09. The molecule has 29 heavy (non-hydrogen) atoms. The van der Waals surface area contributed by atoms with Gasteiger partial charge in [-0.1, -0.05) is 26.3 Å². The van der Waals surface area contributed by atoms with E-state index in [2.05, 4.69) is 20.4 Å². The summed E-state index contributed by atoms with van der Waals surface area (Å²) >= 11 is 0. The van der Waals surface area contributed by atoms with E-state index in [1.54, 1.807) is 36.4 Å². The summed E-state index contributed by atoms with van der Waals surface area (Å²) in [7, 11) is 0. The molecule has 0 spiro atoms. The first-order valence-corrected chi connectivity index (χ1v) is 10.4. The smallest absolute Gasteiger partial charge is 0.343 e. The molecule has 0 N–H and O–H groups in total. The molecule has 0 unspecified atom stereocenters. The molecule has 0 aromatic heterocycles. The molecule has 0 aliphatic rings. The number of unbranched alkanes of at least 4 members (excludes halogenated alkanes) is 3. The van der Waals surface area contributed by atoms with Gasteiger partial charge in [0, 0.05) is 0 Å². The highest BCUT2D eigenvalue weighted by atomic mass is 16.5. The summed E-state index contributed by atoms with van der Waals surface area (Å²) in [6.07, 6.45) is 7.35. The third kappa shape index (κ3) is 8.43. The molecule has 1 atom stereocenters. The summed E-state index contributed by atoms with van der Waals surface area (Å²) in [5.41, 5.74) is 0.487. The van der Waals surface area contributed by atoms with E-state index in [0.29, 0.717) is 30.4 Å². The van der Waals surface area contributed by atoms with E-state index in [0.717, 1.165) is 43.6 Å². The molecule has 156 valence electrons. The summed E-state index contributed by atoms with van der Waals surface area (Å²) in [6, 6.07) is 14.2. The van der Waals surface area contributed by atoms with Gasteiger partial charge in [-0.3, -0.25) is 0 Å². The zero-order chi connectivity index (χ0) is 20.9. The van der Waals surface area contributed by atoms with Gasteiger partial charge in [0.05, 0.1) is 18.8 Å². The third-order valence-corrected chi connectivity index (χ3v) is 4.68. The van der Waals surface area contributed by atoms with Crippen LogP contribution in [-0.2, 0) is 0 Å². The monoisotopic (exact) mass is 396 g/mol. The first kappa shape index (κ1) is 22.5. The van der Waals surface area contributed by atoms with Gasteiger partial charge in [-0.15, -0.1) is 6.58 Å². The van der Waals surface area contributed by atoms with E-state index < -0.39 is 5.97 Å². The zero-order valence-electron chi connectivity index (χ0n) is 17.6. The van der Waals surface area contributed by atoms with Crippen LogP contribution in [0.15, 0.2) is 61.2 Å². The molecular formula is C25H32O4. The Morgan fingerprint density at radius 3 is 2.21 bits per heavy atom. The molecule has 0 aliphatic carbocycles. The van der Waals surface area contributed by atoms with Crippen molar-refractivity contribution in [1.29, 1.82) is 0 Å². The minimum Gasteiger partial charge on any atom is -0.494 e. The Balaban J connectivity index is 1.77. The molecule has 2 aromatic rings. The minimum atomic E-state index is -0.394. The fraction of sp³-hybridized carbons (Fsp3) is 0.400. The quantitative estimate of drug-likeness (QED) is 0.169. The van der Waals surface area contributed by atoms with Gasteiger partial charge < -0.3 is 14.2 Å². The highest BCUT2D eigenvalue weighted by Crippen LogP contribution is 2.20. The Hall–Kier alpha value is -2.75. The number of esters is 1. The lowest BCUT2D eigenvalue weighted by molar-refractivity contribution is 0.0734. The van der Waals surface area contributed by atoms with Crippen LogP contribution in [-0.4, -0.2) is 19.2 Å². The van der Waals surface area contributed by atoms with Crippen molar-refractivity contribution in [2.24, 2.45) is 5.92 Å². The first-order valence-electron chi connectivity index (χ1n) is 10.4. The highest BCUT2D eigenvalue weighted by Gasteiger charge is 2.09. The van der Waals surface area contributed by atoms with Crippen molar-refractivity contribution in [3.8, 4) is 17.2 Å².